The Morgan fingerprint density at radius 1 is 1.23 bits per heavy atom. The lowest BCUT2D eigenvalue weighted by Crippen LogP contribution is -2.26. The molecule has 2 aliphatic carbocycles. The van der Waals surface area contributed by atoms with Crippen LogP contribution in [0.3, 0.4) is 0 Å². The van der Waals surface area contributed by atoms with Crippen molar-refractivity contribution in [2.24, 2.45) is 17.8 Å². The van der Waals surface area contributed by atoms with Crippen molar-refractivity contribution in [3.63, 3.8) is 0 Å². The van der Waals surface area contributed by atoms with E-state index in [1.54, 1.807) is 19.0 Å². The number of carbonyl (C=O) groups is 1. The van der Waals surface area contributed by atoms with Crippen LogP contribution in [0.25, 0.3) is 0 Å². The first kappa shape index (κ1) is 22.8. The highest BCUT2D eigenvalue weighted by molar-refractivity contribution is 5.75. The van der Waals surface area contributed by atoms with E-state index in [1.807, 2.05) is 43.3 Å². The van der Waals surface area contributed by atoms with Gasteiger partial charge in [-0.25, -0.2) is 0 Å². The highest BCUT2D eigenvalue weighted by Gasteiger charge is 2.43. The predicted octanol–water partition coefficient (Wildman–Crippen LogP) is 4.13. The Morgan fingerprint density at radius 2 is 1.97 bits per heavy atom. The molecule has 2 aliphatic rings. The number of benzene rings is 1. The van der Waals surface area contributed by atoms with Crippen LogP contribution in [0, 0.1) is 17.8 Å². The van der Waals surface area contributed by atoms with E-state index in [9.17, 15) is 15.0 Å². The zero-order valence-corrected chi connectivity index (χ0v) is 18.6. The van der Waals surface area contributed by atoms with E-state index in [0.717, 1.165) is 37.7 Å². The van der Waals surface area contributed by atoms with Crippen LogP contribution >= 0.6 is 0 Å². The number of amides is 1. The van der Waals surface area contributed by atoms with Gasteiger partial charge in [0.2, 0.25) is 5.91 Å². The minimum Gasteiger partial charge on any atom is -0.392 e. The van der Waals surface area contributed by atoms with Gasteiger partial charge in [0.1, 0.15) is 0 Å². The van der Waals surface area contributed by atoms with Crippen LogP contribution in [0.4, 0.5) is 0 Å². The number of aliphatic hydroxyl groups is 2. The first-order valence-electron chi connectivity index (χ1n) is 11.3. The van der Waals surface area contributed by atoms with Crippen molar-refractivity contribution in [2.45, 2.75) is 63.6 Å². The molecule has 0 aliphatic heterocycles. The molecule has 0 unspecified atom stereocenters. The van der Waals surface area contributed by atoms with Gasteiger partial charge in [-0.15, -0.1) is 0 Å². The predicted molar refractivity (Wildman–Crippen MR) is 121 cm³/mol. The monoisotopic (exact) mass is 411 g/mol. The molecule has 5 atom stereocenters. The standard InChI is InChI=1S/C26H37NO3/c1-26(30,18-19-9-5-4-6-10-19)14-13-22-23-16-20(15-21(23)17-24(22)28)11-7-8-12-25(29)27(2)3/h4-6,9-10,13-15,21-24,28,30H,7-8,11-12,16-18H2,1-3H3/b14-13+/t21-,22+,23-,24+,26+/m0/s1. The molecule has 1 amide bonds. The molecule has 4 nitrogen and oxygen atoms in total. The Labute approximate surface area is 181 Å². The molecule has 0 aromatic heterocycles. The molecule has 1 aromatic carbocycles. The third-order valence-electron chi connectivity index (χ3n) is 6.67. The van der Waals surface area contributed by atoms with Crippen molar-refractivity contribution in [1.82, 2.24) is 4.90 Å². The highest BCUT2D eigenvalue weighted by atomic mass is 16.3. The van der Waals surface area contributed by atoms with Gasteiger partial charge in [-0.1, -0.05) is 54.1 Å². The number of fused-ring (bicyclic) bond motifs is 1. The molecule has 0 bridgehead atoms. The number of aliphatic hydroxyl groups excluding tert-OH is 1. The van der Waals surface area contributed by atoms with E-state index in [1.165, 1.54) is 5.57 Å². The van der Waals surface area contributed by atoms with E-state index >= 15 is 0 Å². The smallest absolute Gasteiger partial charge is 0.222 e. The fourth-order valence-corrected chi connectivity index (χ4v) is 5.03. The fourth-order valence-electron chi connectivity index (χ4n) is 5.03. The fraction of sp³-hybridized carbons (Fsp3) is 0.577. The molecule has 1 saturated carbocycles. The first-order chi connectivity index (χ1) is 14.2. The molecule has 0 heterocycles. The van der Waals surface area contributed by atoms with Crippen LogP contribution in [0.15, 0.2) is 54.1 Å². The second kappa shape index (κ2) is 9.93. The minimum absolute atomic E-state index is 0.0984. The summed E-state index contributed by atoms with van der Waals surface area (Å²) in [6.07, 6.45) is 12.0. The van der Waals surface area contributed by atoms with Crippen LogP contribution in [0.2, 0.25) is 0 Å². The largest absolute Gasteiger partial charge is 0.392 e. The zero-order valence-electron chi connectivity index (χ0n) is 18.6. The SMILES string of the molecule is CN(C)C(=O)CCCCC1=C[C@H]2C[C@@H](O)[C@H](/C=C/[C@@](C)(O)Cc3ccccc3)[C@H]2C1. The molecule has 4 heteroatoms. The highest BCUT2D eigenvalue weighted by Crippen LogP contribution is 2.48. The Balaban J connectivity index is 1.51. The van der Waals surface area contributed by atoms with Gasteiger partial charge in [-0.3, -0.25) is 4.79 Å². The number of carbonyl (C=O) groups excluding carboxylic acids is 1. The van der Waals surface area contributed by atoms with E-state index in [0.29, 0.717) is 24.7 Å². The zero-order chi connectivity index (χ0) is 21.7. The molecule has 0 spiro atoms. The van der Waals surface area contributed by atoms with E-state index < -0.39 is 5.60 Å². The lowest BCUT2D eigenvalue weighted by atomic mass is 9.87. The molecule has 3 rings (SSSR count). The average molecular weight is 412 g/mol. The van der Waals surface area contributed by atoms with E-state index in [2.05, 4.69) is 12.2 Å². The van der Waals surface area contributed by atoms with Crippen LogP contribution in [0.5, 0.6) is 0 Å². The van der Waals surface area contributed by atoms with Gasteiger partial charge in [-0.05, 0) is 56.4 Å². The lowest BCUT2D eigenvalue weighted by Gasteiger charge is -2.23. The van der Waals surface area contributed by atoms with Gasteiger partial charge >= 0.3 is 0 Å². The maximum Gasteiger partial charge on any atom is 0.222 e. The second-order valence-electron chi connectivity index (χ2n) is 9.61. The van der Waals surface area contributed by atoms with Crippen LogP contribution in [-0.2, 0) is 11.2 Å². The maximum atomic E-state index is 11.7. The molecule has 1 aromatic rings. The second-order valence-corrected chi connectivity index (χ2v) is 9.61. The number of nitrogens with zero attached hydrogens (tertiary/aromatic N) is 1. The average Bonchev–Trinajstić information content (AvgIpc) is 3.20. The number of hydrogen-bond acceptors (Lipinski definition) is 3. The quantitative estimate of drug-likeness (QED) is 0.474. The maximum absolute atomic E-state index is 11.7. The van der Waals surface area contributed by atoms with Crippen molar-refractivity contribution in [1.29, 1.82) is 0 Å². The Morgan fingerprint density at radius 3 is 2.67 bits per heavy atom. The summed E-state index contributed by atoms with van der Waals surface area (Å²) < 4.78 is 0. The summed E-state index contributed by atoms with van der Waals surface area (Å²) in [6.45, 7) is 1.84. The normalized spacial score (nSPS) is 27.7. The summed E-state index contributed by atoms with van der Waals surface area (Å²) in [6, 6.07) is 10.0. The number of unbranched alkanes of at least 4 members (excludes halogenated alkanes) is 1. The van der Waals surface area contributed by atoms with E-state index in [4.69, 9.17) is 0 Å². The summed E-state index contributed by atoms with van der Waals surface area (Å²) in [5, 5.41) is 21.4. The summed E-state index contributed by atoms with van der Waals surface area (Å²) in [7, 11) is 3.61. The van der Waals surface area contributed by atoms with Crippen molar-refractivity contribution >= 4 is 5.91 Å². The van der Waals surface area contributed by atoms with Gasteiger partial charge in [0.25, 0.3) is 0 Å². The molecular weight excluding hydrogens is 374 g/mol. The Kier molecular flexibility index (Phi) is 7.54. The molecule has 0 radical (unpaired) electrons. The van der Waals surface area contributed by atoms with Crippen molar-refractivity contribution < 1.29 is 15.0 Å². The number of hydrogen-bond donors (Lipinski definition) is 2. The van der Waals surface area contributed by atoms with Gasteiger partial charge in [0.05, 0.1) is 11.7 Å². The topological polar surface area (TPSA) is 60.8 Å². The van der Waals surface area contributed by atoms with Crippen LogP contribution in [-0.4, -0.2) is 46.8 Å². The minimum atomic E-state index is -0.924. The Bertz CT molecular complexity index is 766. The summed E-state index contributed by atoms with van der Waals surface area (Å²) in [4.78, 5) is 13.4. The van der Waals surface area contributed by atoms with Crippen molar-refractivity contribution in [3.05, 3.63) is 59.7 Å². The summed E-state index contributed by atoms with van der Waals surface area (Å²) in [5.41, 5.74) is 1.66. The van der Waals surface area contributed by atoms with Gasteiger partial charge in [0, 0.05) is 32.9 Å². The van der Waals surface area contributed by atoms with Crippen LogP contribution < -0.4 is 0 Å². The molecule has 1 fully saturated rings. The summed E-state index contributed by atoms with van der Waals surface area (Å²) >= 11 is 0. The van der Waals surface area contributed by atoms with Crippen molar-refractivity contribution in [2.75, 3.05) is 14.1 Å². The van der Waals surface area contributed by atoms with Gasteiger partial charge in [-0.2, -0.15) is 0 Å². The third-order valence-corrected chi connectivity index (χ3v) is 6.67. The molecule has 164 valence electrons. The summed E-state index contributed by atoms with van der Waals surface area (Å²) in [5.74, 6) is 1.17. The first-order valence-corrected chi connectivity index (χ1v) is 11.3. The molecular formula is C26H37NO3. The third kappa shape index (κ3) is 6.05. The molecule has 0 saturated heterocycles. The number of allylic oxidation sites excluding steroid dienone is 2. The lowest BCUT2D eigenvalue weighted by molar-refractivity contribution is -0.128. The van der Waals surface area contributed by atoms with Gasteiger partial charge in [0.15, 0.2) is 0 Å². The van der Waals surface area contributed by atoms with Crippen molar-refractivity contribution in [3.8, 4) is 0 Å². The molecule has 30 heavy (non-hydrogen) atoms. The van der Waals surface area contributed by atoms with Gasteiger partial charge < -0.3 is 15.1 Å². The Hall–Kier alpha value is -1.91. The molecule has 2 N–H and O–H groups in total. The van der Waals surface area contributed by atoms with E-state index in [-0.39, 0.29) is 17.9 Å². The van der Waals surface area contributed by atoms with Crippen LogP contribution in [0.1, 0.15) is 51.0 Å². The number of rotatable bonds is 9.